The normalized spacial score (nSPS) is 16.2. The van der Waals surface area contributed by atoms with Gasteiger partial charge in [-0.15, -0.1) is 0 Å². The van der Waals surface area contributed by atoms with Crippen molar-refractivity contribution in [3.05, 3.63) is 51.4 Å². The van der Waals surface area contributed by atoms with E-state index in [2.05, 4.69) is 9.83 Å². The number of nitrogens with zero attached hydrogens (tertiary/aromatic N) is 3. The van der Waals surface area contributed by atoms with E-state index in [1.807, 2.05) is 17.5 Å². The lowest BCUT2D eigenvalue weighted by Gasteiger charge is -2.23. The third-order valence-corrected chi connectivity index (χ3v) is 4.18. The van der Waals surface area contributed by atoms with E-state index in [1.165, 1.54) is 25.3 Å². The number of fused-ring (bicyclic) bond motifs is 1. The average molecular weight is 267 g/mol. The predicted octanol–water partition coefficient (Wildman–Crippen LogP) is 3.60. The number of rotatable bonds is 1. The molecule has 2 aromatic heterocycles. The van der Waals surface area contributed by atoms with Crippen molar-refractivity contribution in [1.82, 2.24) is 9.38 Å². The van der Waals surface area contributed by atoms with Crippen LogP contribution in [-0.4, -0.2) is 9.38 Å². The molecule has 20 heavy (non-hydrogen) atoms. The van der Waals surface area contributed by atoms with Crippen LogP contribution >= 0.6 is 0 Å². The lowest BCUT2D eigenvalue weighted by molar-refractivity contribution is 0.443. The van der Waals surface area contributed by atoms with Crippen molar-refractivity contribution in [1.29, 1.82) is 0 Å². The summed E-state index contributed by atoms with van der Waals surface area (Å²) in [6.07, 6.45) is 8.09. The Morgan fingerprint density at radius 3 is 2.75 bits per heavy atom. The van der Waals surface area contributed by atoms with E-state index in [1.54, 1.807) is 6.07 Å². The number of hydrogen-bond acceptors (Lipinski definition) is 2. The summed E-state index contributed by atoms with van der Waals surface area (Å²) in [6.45, 7) is 9.30. The Kier molecular flexibility index (Phi) is 3.27. The zero-order valence-electron chi connectivity index (χ0n) is 11.6. The van der Waals surface area contributed by atoms with Gasteiger partial charge in [-0.05, 0) is 37.3 Å². The van der Waals surface area contributed by atoms with Crippen LogP contribution in [0.2, 0.25) is 0 Å². The minimum Gasteiger partial charge on any atom is -0.308 e. The fraction of sp³-hybridized carbons (Fsp3) is 0.438. The van der Waals surface area contributed by atoms with Gasteiger partial charge >= 0.3 is 0 Å². The van der Waals surface area contributed by atoms with E-state index in [0.29, 0.717) is 17.3 Å². The van der Waals surface area contributed by atoms with Crippen LogP contribution in [0, 0.1) is 13.5 Å². The molecule has 0 aromatic carbocycles. The lowest BCUT2D eigenvalue weighted by atomic mass is 9.84. The monoisotopic (exact) mass is 267 g/mol. The SMILES string of the molecule is [C-]#[N+]c1cc2nc(=O)cc(C)n2cc1C1CCCCC1. The molecule has 1 saturated carbocycles. The third kappa shape index (κ3) is 2.20. The van der Waals surface area contributed by atoms with Crippen LogP contribution in [0.4, 0.5) is 5.69 Å². The van der Waals surface area contributed by atoms with Crippen molar-refractivity contribution < 1.29 is 0 Å². The molecule has 0 bridgehead atoms. The first-order valence-corrected chi connectivity index (χ1v) is 7.10. The van der Waals surface area contributed by atoms with Gasteiger partial charge in [-0.25, -0.2) is 4.85 Å². The predicted molar refractivity (Wildman–Crippen MR) is 78.3 cm³/mol. The van der Waals surface area contributed by atoms with Gasteiger partial charge in [0.25, 0.3) is 5.56 Å². The average Bonchev–Trinajstić information content (AvgIpc) is 2.46. The number of hydrogen-bond donors (Lipinski definition) is 0. The minimum absolute atomic E-state index is 0.246. The molecule has 2 aromatic rings. The number of pyridine rings is 1. The number of aromatic nitrogens is 2. The highest BCUT2D eigenvalue weighted by molar-refractivity contribution is 5.61. The quantitative estimate of drug-likeness (QED) is 0.740. The summed E-state index contributed by atoms with van der Waals surface area (Å²) < 4.78 is 1.93. The smallest absolute Gasteiger partial charge is 0.273 e. The molecule has 1 aliphatic rings. The second-order valence-corrected chi connectivity index (χ2v) is 5.52. The van der Waals surface area contributed by atoms with Gasteiger partial charge in [0.15, 0.2) is 5.69 Å². The van der Waals surface area contributed by atoms with E-state index in [-0.39, 0.29) is 5.56 Å². The van der Waals surface area contributed by atoms with Crippen molar-refractivity contribution in [2.75, 3.05) is 0 Å². The molecule has 0 saturated heterocycles. The first kappa shape index (κ1) is 12.9. The first-order valence-electron chi connectivity index (χ1n) is 7.10. The van der Waals surface area contributed by atoms with Gasteiger partial charge in [0.2, 0.25) is 0 Å². The Balaban J connectivity index is 2.21. The molecule has 3 rings (SSSR count). The maximum absolute atomic E-state index is 11.5. The van der Waals surface area contributed by atoms with E-state index in [9.17, 15) is 4.79 Å². The van der Waals surface area contributed by atoms with Gasteiger partial charge in [-0.1, -0.05) is 19.3 Å². The Labute approximate surface area is 117 Å². The molecule has 102 valence electrons. The molecule has 0 N–H and O–H groups in total. The second kappa shape index (κ2) is 5.09. The fourth-order valence-electron chi connectivity index (χ4n) is 3.13. The molecule has 0 amide bonds. The molecule has 0 aliphatic heterocycles. The molecule has 0 spiro atoms. The van der Waals surface area contributed by atoms with E-state index >= 15 is 0 Å². The molecule has 4 nitrogen and oxygen atoms in total. The maximum atomic E-state index is 11.5. The number of aryl methyl sites for hydroxylation is 1. The van der Waals surface area contributed by atoms with Crippen LogP contribution in [0.3, 0.4) is 0 Å². The molecule has 1 aliphatic carbocycles. The van der Waals surface area contributed by atoms with Gasteiger partial charge in [0.05, 0.1) is 6.57 Å². The lowest BCUT2D eigenvalue weighted by Crippen LogP contribution is -2.12. The summed E-state index contributed by atoms with van der Waals surface area (Å²) in [5.41, 5.74) is 2.95. The summed E-state index contributed by atoms with van der Waals surface area (Å²) >= 11 is 0. The molecule has 0 unspecified atom stereocenters. The van der Waals surface area contributed by atoms with E-state index < -0.39 is 0 Å². The molecule has 2 heterocycles. The Hall–Kier alpha value is -2.15. The molecular weight excluding hydrogens is 250 g/mol. The Bertz CT molecular complexity index is 749. The standard InChI is InChI=1S/C16H17N3O/c1-11-8-16(20)18-15-9-14(17-2)13(10-19(11)15)12-6-4-3-5-7-12/h8-10,12H,3-7H2,1H3. The summed E-state index contributed by atoms with van der Waals surface area (Å²) in [4.78, 5) is 19.1. The third-order valence-electron chi connectivity index (χ3n) is 4.18. The highest BCUT2D eigenvalue weighted by Gasteiger charge is 2.19. The van der Waals surface area contributed by atoms with Gasteiger partial charge in [-0.3, -0.25) is 4.79 Å². The largest absolute Gasteiger partial charge is 0.308 e. The molecule has 1 fully saturated rings. The van der Waals surface area contributed by atoms with Crippen molar-refractivity contribution >= 4 is 11.3 Å². The zero-order chi connectivity index (χ0) is 14.1. The van der Waals surface area contributed by atoms with E-state index in [4.69, 9.17) is 6.57 Å². The van der Waals surface area contributed by atoms with Crippen LogP contribution in [0.25, 0.3) is 10.5 Å². The minimum atomic E-state index is -0.246. The van der Waals surface area contributed by atoms with Crippen LogP contribution < -0.4 is 5.56 Å². The van der Waals surface area contributed by atoms with Crippen molar-refractivity contribution in [2.24, 2.45) is 0 Å². The van der Waals surface area contributed by atoms with Crippen molar-refractivity contribution in [3.8, 4) is 0 Å². The molecular formula is C16H17N3O. The topological polar surface area (TPSA) is 38.7 Å². The molecule has 0 radical (unpaired) electrons. The Morgan fingerprint density at radius 1 is 1.30 bits per heavy atom. The van der Waals surface area contributed by atoms with Crippen molar-refractivity contribution in [3.63, 3.8) is 0 Å². The van der Waals surface area contributed by atoms with Crippen LogP contribution in [0.5, 0.6) is 0 Å². The van der Waals surface area contributed by atoms with Gasteiger partial charge in [0.1, 0.15) is 5.65 Å². The van der Waals surface area contributed by atoms with Crippen molar-refractivity contribution in [2.45, 2.75) is 44.9 Å². The van der Waals surface area contributed by atoms with E-state index in [0.717, 1.165) is 24.1 Å². The zero-order valence-corrected chi connectivity index (χ0v) is 11.6. The summed E-state index contributed by atoms with van der Waals surface area (Å²) in [5.74, 6) is 0.469. The first-order chi connectivity index (χ1) is 9.69. The Morgan fingerprint density at radius 2 is 2.05 bits per heavy atom. The highest BCUT2D eigenvalue weighted by atomic mass is 16.1. The molecule has 4 heteroatoms. The van der Waals surface area contributed by atoms with Crippen LogP contribution in [0.15, 0.2) is 23.1 Å². The van der Waals surface area contributed by atoms with Crippen LogP contribution in [-0.2, 0) is 0 Å². The maximum Gasteiger partial charge on any atom is 0.273 e. The summed E-state index contributed by atoms with van der Waals surface area (Å²) in [6, 6.07) is 3.29. The second-order valence-electron chi connectivity index (χ2n) is 5.52. The summed E-state index contributed by atoms with van der Waals surface area (Å²) in [7, 11) is 0. The van der Waals surface area contributed by atoms with Gasteiger partial charge < -0.3 is 4.40 Å². The summed E-state index contributed by atoms with van der Waals surface area (Å²) in [5, 5.41) is 0. The van der Waals surface area contributed by atoms with Crippen LogP contribution in [0.1, 0.15) is 49.3 Å². The van der Waals surface area contributed by atoms with Gasteiger partial charge in [0, 0.05) is 18.0 Å². The fourth-order valence-corrected chi connectivity index (χ4v) is 3.13. The highest BCUT2D eigenvalue weighted by Crippen LogP contribution is 2.37. The molecule has 0 atom stereocenters. The van der Waals surface area contributed by atoms with Gasteiger partial charge in [-0.2, -0.15) is 4.98 Å².